The number of rotatable bonds is 3. The van der Waals surface area contributed by atoms with E-state index in [1.165, 1.54) is 12.1 Å². The fourth-order valence-electron chi connectivity index (χ4n) is 2.84. The lowest BCUT2D eigenvalue weighted by atomic mass is 10.0. The molecule has 0 bridgehead atoms. The van der Waals surface area contributed by atoms with Gasteiger partial charge in [0.15, 0.2) is 0 Å². The van der Waals surface area contributed by atoms with Gasteiger partial charge < -0.3 is 5.73 Å². The third-order valence-corrected chi connectivity index (χ3v) is 4.25. The van der Waals surface area contributed by atoms with Crippen LogP contribution in [0.5, 0.6) is 0 Å². The summed E-state index contributed by atoms with van der Waals surface area (Å²) in [6.45, 7) is 6.76. The summed E-state index contributed by atoms with van der Waals surface area (Å²) < 4.78 is 26.6. The predicted octanol–water partition coefficient (Wildman–Crippen LogP) is 1.99. The van der Waals surface area contributed by atoms with Gasteiger partial charge in [0.25, 0.3) is 0 Å². The zero-order valence-corrected chi connectivity index (χ0v) is 12.3. The first-order valence-corrected chi connectivity index (χ1v) is 7.03. The molecule has 0 amide bonds. The molecule has 20 heavy (non-hydrogen) atoms. The standard InChI is InChI=1S/C15H23F2N3/c1-10-7-20(8-11(2)19(10)3)9-15(18)13-5-4-12(16)6-14(13)17/h4-6,10-11,15H,7-9,18H2,1-3H3. The Kier molecular flexibility index (Phi) is 4.73. The van der Waals surface area contributed by atoms with Gasteiger partial charge in [-0.25, -0.2) is 8.78 Å². The van der Waals surface area contributed by atoms with E-state index in [4.69, 9.17) is 5.73 Å². The van der Waals surface area contributed by atoms with Crippen LogP contribution in [0.15, 0.2) is 18.2 Å². The summed E-state index contributed by atoms with van der Waals surface area (Å²) in [5.41, 5.74) is 6.46. The van der Waals surface area contributed by atoms with Crippen molar-refractivity contribution in [3.8, 4) is 0 Å². The largest absolute Gasteiger partial charge is 0.323 e. The molecule has 1 fully saturated rings. The van der Waals surface area contributed by atoms with Gasteiger partial charge in [-0.1, -0.05) is 6.07 Å². The minimum absolute atomic E-state index is 0.380. The molecule has 0 saturated carbocycles. The average Bonchev–Trinajstić information content (AvgIpc) is 2.35. The minimum Gasteiger partial charge on any atom is -0.323 e. The van der Waals surface area contributed by atoms with E-state index in [1.54, 1.807) is 0 Å². The summed E-state index contributed by atoms with van der Waals surface area (Å²) in [7, 11) is 2.12. The third-order valence-electron chi connectivity index (χ3n) is 4.25. The van der Waals surface area contributed by atoms with Gasteiger partial charge in [-0.15, -0.1) is 0 Å². The summed E-state index contributed by atoms with van der Waals surface area (Å²) in [5, 5.41) is 0. The summed E-state index contributed by atoms with van der Waals surface area (Å²) >= 11 is 0. The van der Waals surface area contributed by atoms with Crippen molar-refractivity contribution in [3.05, 3.63) is 35.4 Å². The van der Waals surface area contributed by atoms with Gasteiger partial charge >= 0.3 is 0 Å². The fourth-order valence-corrected chi connectivity index (χ4v) is 2.84. The molecular formula is C15H23F2N3. The van der Waals surface area contributed by atoms with E-state index in [0.717, 1.165) is 19.2 Å². The van der Waals surface area contributed by atoms with Crippen LogP contribution in [-0.2, 0) is 0 Å². The molecule has 0 radical (unpaired) electrons. The molecule has 112 valence electrons. The van der Waals surface area contributed by atoms with Crippen molar-refractivity contribution in [1.82, 2.24) is 9.80 Å². The first-order valence-electron chi connectivity index (χ1n) is 7.03. The zero-order chi connectivity index (χ0) is 14.9. The van der Waals surface area contributed by atoms with Gasteiger partial charge in [-0.2, -0.15) is 0 Å². The Morgan fingerprint density at radius 3 is 2.40 bits per heavy atom. The predicted molar refractivity (Wildman–Crippen MR) is 76.4 cm³/mol. The van der Waals surface area contributed by atoms with Crippen LogP contribution in [0.4, 0.5) is 8.78 Å². The molecule has 1 aromatic carbocycles. The van der Waals surface area contributed by atoms with E-state index in [2.05, 4.69) is 30.7 Å². The van der Waals surface area contributed by atoms with E-state index in [9.17, 15) is 8.78 Å². The SMILES string of the molecule is CC1CN(CC(N)c2ccc(F)cc2F)CC(C)N1C. The van der Waals surface area contributed by atoms with Crippen molar-refractivity contribution in [2.45, 2.75) is 32.0 Å². The minimum atomic E-state index is -0.569. The van der Waals surface area contributed by atoms with E-state index in [1.807, 2.05) is 0 Å². The number of piperazine rings is 1. The van der Waals surface area contributed by atoms with Crippen LogP contribution in [-0.4, -0.2) is 48.6 Å². The Labute approximate surface area is 119 Å². The number of benzene rings is 1. The molecule has 0 aliphatic carbocycles. The van der Waals surface area contributed by atoms with Crippen molar-refractivity contribution in [3.63, 3.8) is 0 Å². The molecule has 1 aliphatic rings. The van der Waals surface area contributed by atoms with Crippen LogP contribution >= 0.6 is 0 Å². The summed E-state index contributed by atoms with van der Waals surface area (Å²) in [6, 6.07) is 4.06. The number of nitrogens with two attached hydrogens (primary N) is 1. The maximum atomic E-state index is 13.7. The normalized spacial score (nSPS) is 26.7. The first-order chi connectivity index (χ1) is 9.38. The highest BCUT2D eigenvalue weighted by atomic mass is 19.1. The summed E-state index contributed by atoms with van der Waals surface area (Å²) in [4.78, 5) is 4.59. The molecular weight excluding hydrogens is 260 g/mol. The van der Waals surface area contributed by atoms with Crippen LogP contribution in [0.25, 0.3) is 0 Å². The molecule has 0 spiro atoms. The maximum absolute atomic E-state index is 13.7. The maximum Gasteiger partial charge on any atom is 0.130 e. The average molecular weight is 283 g/mol. The lowest BCUT2D eigenvalue weighted by Gasteiger charge is -2.43. The number of halogens is 2. The second-order valence-corrected chi connectivity index (χ2v) is 5.85. The number of likely N-dealkylation sites (N-methyl/N-ethyl adjacent to an activating group) is 1. The quantitative estimate of drug-likeness (QED) is 0.921. The Bertz CT molecular complexity index is 454. The van der Waals surface area contributed by atoms with Gasteiger partial charge in [-0.3, -0.25) is 9.80 Å². The second-order valence-electron chi connectivity index (χ2n) is 5.85. The molecule has 2 rings (SSSR count). The van der Waals surface area contributed by atoms with Crippen molar-refractivity contribution in [2.24, 2.45) is 5.73 Å². The van der Waals surface area contributed by atoms with Crippen molar-refractivity contribution < 1.29 is 8.78 Å². The van der Waals surface area contributed by atoms with E-state index < -0.39 is 17.7 Å². The van der Waals surface area contributed by atoms with Crippen molar-refractivity contribution in [1.29, 1.82) is 0 Å². The Hall–Kier alpha value is -1.04. The van der Waals surface area contributed by atoms with Gasteiger partial charge in [0.2, 0.25) is 0 Å². The van der Waals surface area contributed by atoms with Gasteiger partial charge in [-0.05, 0) is 27.0 Å². The topological polar surface area (TPSA) is 32.5 Å². The number of nitrogens with zero attached hydrogens (tertiary/aromatic N) is 2. The zero-order valence-electron chi connectivity index (χ0n) is 12.3. The molecule has 2 N–H and O–H groups in total. The van der Waals surface area contributed by atoms with E-state index in [-0.39, 0.29) is 0 Å². The Morgan fingerprint density at radius 1 is 1.25 bits per heavy atom. The van der Waals surface area contributed by atoms with Crippen molar-refractivity contribution in [2.75, 3.05) is 26.7 Å². The van der Waals surface area contributed by atoms with Gasteiger partial charge in [0.05, 0.1) is 0 Å². The molecule has 3 nitrogen and oxygen atoms in total. The summed E-state index contributed by atoms with van der Waals surface area (Å²) in [5.74, 6) is -1.13. The van der Waals surface area contributed by atoms with Crippen LogP contribution in [0.1, 0.15) is 25.5 Å². The van der Waals surface area contributed by atoms with Gasteiger partial charge in [0.1, 0.15) is 11.6 Å². The first kappa shape index (κ1) is 15.4. The van der Waals surface area contributed by atoms with E-state index >= 15 is 0 Å². The van der Waals surface area contributed by atoms with Gasteiger partial charge in [0, 0.05) is 49.4 Å². The molecule has 5 heteroatoms. The Balaban J connectivity index is 2.02. The fraction of sp³-hybridized carbons (Fsp3) is 0.600. The summed E-state index contributed by atoms with van der Waals surface area (Å²) in [6.07, 6.45) is 0. The second kappa shape index (κ2) is 6.16. The monoisotopic (exact) mass is 283 g/mol. The highest BCUT2D eigenvalue weighted by Crippen LogP contribution is 2.20. The highest BCUT2D eigenvalue weighted by Gasteiger charge is 2.27. The Morgan fingerprint density at radius 2 is 1.85 bits per heavy atom. The third kappa shape index (κ3) is 3.34. The van der Waals surface area contributed by atoms with Crippen LogP contribution in [0, 0.1) is 11.6 Å². The number of hydrogen-bond donors (Lipinski definition) is 1. The lowest BCUT2D eigenvalue weighted by Crippen LogP contribution is -2.55. The molecule has 1 aliphatic heterocycles. The molecule has 1 heterocycles. The smallest absolute Gasteiger partial charge is 0.130 e. The van der Waals surface area contributed by atoms with Crippen LogP contribution in [0.3, 0.4) is 0 Å². The molecule has 0 aromatic heterocycles. The van der Waals surface area contributed by atoms with E-state index in [0.29, 0.717) is 24.2 Å². The molecule has 1 saturated heterocycles. The number of hydrogen-bond acceptors (Lipinski definition) is 3. The van der Waals surface area contributed by atoms with Crippen LogP contribution in [0.2, 0.25) is 0 Å². The molecule has 3 atom stereocenters. The van der Waals surface area contributed by atoms with Crippen molar-refractivity contribution >= 4 is 0 Å². The van der Waals surface area contributed by atoms with Crippen LogP contribution < -0.4 is 5.73 Å². The highest BCUT2D eigenvalue weighted by molar-refractivity contribution is 5.22. The molecule has 1 aromatic rings. The lowest BCUT2D eigenvalue weighted by molar-refractivity contribution is 0.0565. The molecule has 3 unspecified atom stereocenters.